The summed E-state index contributed by atoms with van der Waals surface area (Å²) in [5, 5.41) is -0.401. The van der Waals surface area contributed by atoms with Crippen molar-refractivity contribution in [1.82, 2.24) is 9.21 Å². The molecule has 1 saturated heterocycles. The number of carbonyl (C=O) groups excluding carboxylic acids is 1. The summed E-state index contributed by atoms with van der Waals surface area (Å²) in [5.41, 5.74) is -0.372. The van der Waals surface area contributed by atoms with Crippen molar-refractivity contribution in [3.63, 3.8) is 0 Å². The molecule has 0 atom stereocenters. The van der Waals surface area contributed by atoms with Crippen molar-refractivity contribution in [2.45, 2.75) is 58.8 Å². The van der Waals surface area contributed by atoms with Gasteiger partial charge in [0, 0.05) is 31.6 Å². The summed E-state index contributed by atoms with van der Waals surface area (Å²) in [4.78, 5) is 14.0. The third kappa shape index (κ3) is 3.73. The second kappa shape index (κ2) is 6.02. The fraction of sp³-hybridized carbons (Fsp3) is 0.929. The molecule has 0 aromatic carbocycles. The van der Waals surface area contributed by atoms with Gasteiger partial charge >= 0.3 is 0 Å². The van der Waals surface area contributed by atoms with Gasteiger partial charge in [-0.1, -0.05) is 20.8 Å². The van der Waals surface area contributed by atoms with Gasteiger partial charge < -0.3 is 4.90 Å². The van der Waals surface area contributed by atoms with Crippen molar-refractivity contribution in [3.05, 3.63) is 0 Å². The van der Waals surface area contributed by atoms with Gasteiger partial charge in [-0.25, -0.2) is 12.7 Å². The van der Waals surface area contributed by atoms with Gasteiger partial charge in [-0.05, 0) is 26.7 Å². The minimum atomic E-state index is -3.21. The smallest absolute Gasteiger partial charge is 0.227 e. The molecule has 118 valence electrons. The summed E-state index contributed by atoms with van der Waals surface area (Å²) in [7, 11) is -1.56. The van der Waals surface area contributed by atoms with Gasteiger partial charge in [0.2, 0.25) is 15.9 Å². The summed E-state index contributed by atoms with van der Waals surface area (Å²) < 4.78 is 25.8. The van der Waals surface area contributed by atoms with Gasteiger partial charge in [0.25, 0.3) is 0 Å². The number of hydrogen-bond donors (Lipinski definition) is 0. The third-order valence-corrected chi connectivity index (χ3v) is 6.20. The van der Waals surface area contributed by atoms with Gasteiger partial charge in [-0.2, -0.15) is 0 Å². The molecule has 5 nitrogen and oxygen atoms in total. The molecule has 0 aromatic heterocycles. The van der Waals surface area contributed by atoms with E-state index in [0.717, 1.165) is 0 Å². The maximum atomic E-state index is 12.2. The van der Waals surface area contributed by atoms with E-state index in [1.165, 1.54) is 4.31 Å². The maximum absolute atomic E-state index is 12.2. The van der Waals surface area contributed by atoms with Crippen LogP contribution in [0.5, 0.6) is 0 Å². The molecule has 1 aliphatic rings. The number of rotatable bonds is 3. The molecule has 0 N–H and O–H groups in total. The van der Waals surface area contributed by atoms with Gasteiger partial charge in [-0.3, -0.25) is 4.79 Å². The molecule has 20 heavy (non-hydrogen) atoms. The van der Waals surface area contributed by atoms with Crippen LogP contribution in [0.15, 0.2) is 0 Å². The van der Waals surface area contributed by atoms with Crippen molar-refractivity contribution in [1.29, 1.82) is 0 Å². The zero-order chi connectivity index (χ0) is 15.7. The third-order valence-electron chi connectivity index (χ3n) is 3.90. The fourth-order valence-electron chi connectivity index (χ4n) is 2.45. The minimum Gasteiger partial charge on any atom is -0.342 e. The first-order valence-electron chi connectivity index (χ1n) is 7.24. The average molecular weight is 304 g/mol. The lowest BCUT2D eigenvalue weighted by Crippen LogP contribution is -2.50. The number of nitrogens with zero attached hydrogens (tertiary/aromatic N) is 2. The highest BCUT2D eigenvalue weighted by Gasteiger charge is 2.34. The van der Waals surface area contributed by atoms with Gasteiger partial charge in [0.05, 0.1) is 5.25 Å². The number of carbonyl (C=O) groups is 1. The monoisotopic (exact) mass is 304 g/mol. The van der Waals surface area contributed by atoms with Gasteiger partial charge in [-0.15, -0.1) is 0 Å². The predicted molar refractivity (Wildman–Crippen MR) is 80.9 cm³/mol. The van der Waals surface area contributed by atoms with E-state index >= 15 is 0 Å². The van der Waals surface area contributed by atoms with Gasteiger partial charge in [0.15, 0.2) is 0 Å². The molecule has 0 aliphatic carbocycles. The Morgan fingerprint density at radius 1 is 1.20 bits per heavy atom. The molecule has 0 bridgehead atoms. The first-order valence-corrected chi connectivity index (χ1v) is 8.74. The molecule has 1 fully saturated rings. The van der Waals surface area contributed by atoms with E-state index in [0.29, 0.717) is 25.9 Å². The van der Waals surface area contributed by atoms with Crippen LogP contribution in [-0.2, 0) is 14.8 Å². The Morgan fingerprint density at radius 3 is 2.00 bits per heavy atom. The first kappa shape index (κ1) is 17.4. The van der Waals surface area contributed by atoms with Crippen LogP contribution >= 0.6 is 0 Å². The lowest BCUT2D eigenvalue weighted by Gasteiger charge is -2.39. The van der Waals surface area contributed by atoms with E-state index in [4.69, 9.17) is 0 Å². The topological polar surface area (TPSA) is 57.7 Å². The van der Waals surface area contributed by atoms with E-state index in [2.05, 4.69) is 0 Å². The lowest BCUT2D eigenvalue weighted by atomic mass is 9.93. The SMILES string of the molecule is CC(C)S(=O)(=O)N(C)C1CCN(C(=O)C(C)(C)C)CC1. The van der Waals surface area contributed by atoms with Crippen LogP contribution in [0.2, 0.25) is 0 Å². The van der Waals surface area contributed by atoms with Crippen LogP contribution in [0, 0.1) is 5.41 Å². The van der Waals surface area contributed by atoms with E-state index in [-0.39, 0.29) is 17.4 Å². The van der Waals surface area contributed by atoms with E-state index in [9.17, 15) is 13.2 Å². The van der Waals surface area contributed by atoms with Crippen LogP contribution < -0.4 is 0 Å². The number of sulfonamides is 1. The van der Waals surface area contributed by atoms with E-state index < -0.39 is 15.3 Å². The number of piperidine rings is 1. The maximum Gasteiger partial charge on any atom is 0.227 e. The molecular formula is C14H28N2O3S. The van der Waals surface area contributed by atoms with Gasteiger partial charge in [0.1, 0.15) is 0 Å². The molecule has 0 aromatic rings. The zero-order valence-electron chi connectivity index (χ0n) is 13.5. The van der Waals surface area contributed by atoms with Crippen molar-refractivity contribution in [3.8, 4) is 0 Å². The van der Waals surface area contributed by atoms with Crippen molar-refractivity contribution >= 4 is 15.9 Å². The van der Waals surface area contributed by atoms with E-state index in [1.807, 2.05) is 25.7 Å². The van der Waals surface area contributed by atoms with Crippen LogP contribution in [0.25, 0.3) is 0 Å². The van der Waals surface area contributed by atoms with Crippen molar-refractivity contribution in [2.24, 2.45) is 5.41 Å². The van der Waals surface area contributed by atoms with Crippen molar-refractivity contribution < 1.29 is 13.2 Å². The van der Waals surface area contributed by atoms with Crippen molar-refractivity contribution in [2.75, 3.05) is 20.1 Å². The Labute approximate surface area is 123 Å². The highest BCUT2D eigenvalue weighted by atomic mass is 32.2. The Hall–Kier alpha value is -0.620. The Bertz CT molecular complexity index is 444. The van der Waals surface area contributed by atoms with Crippen LogP contribution in [-0.4, -0.2) is 55.0 Å². The molecule has 0 radical (unpaired) electrons. The highest BCUT2D eigenvalue weighted by Crippen LogP contribution is 2.24. The minimum absolute atomic E-state index is 0.00594. The Balaban J connectivity index is 2.66. The largest absolute Gasteiger partial charge is 0.342 e. The zero-order valence-corrected chi connectivity index (χ0v) is 14.3. The molecule has 1 rings (SSSR count). The lowest BCUT2D eigenvalue weighted by molar-refractivity contribution is -0.140. The molecule has 6 heteroatoms. The molecule has 0 saturated carbocycles. The molecule has 0 unspecified atom stereocenters. The normalized spacial score (nSPS) is 18.9. The summed E-state index contributed by atoms with van der Waals surface area (Å²) in [6.45, 7) is 10.4. The van der Waals surface area contributed by atoms with Crippen LogP contribution in [0.1, 0.15) is 47.5 Å². The van der Waals surface area contributed by atoms with Crippen LogP contribution in [0.4, 0.5) is 0 Å². The molecule has 0 spiro atoms. The molecule has 1 amide bonds. The summed E-state index contributed by atoms with van der Waals surface area (Å²) in [6.07, 6.45) is 1.43. The second-order valence-corrected chi connectivity index (χ2v) is 9.43. The fourth-order valence-corrected chi connectivity index (χ4v) is 3.74. The first-order chi connectivity index (χ1) is 8.98. The molecule has 1 heterocycles. The van der Waals surface area contributed by atoms with Crippen LogP contribution in [0.3, 0.4) is 0 Å². The molecule has 1 aliphatic heterocycles. The quantitative estimate of drug-likeness (QED) is 0.797. The standard InChI is InChI=1S/C14H28N2O3S/c1-11(2)20(18,19)15(6)12-7-9-16(10-8-12)13(17)14(3,4)5/h11-12H,7-10H2,1-6H3. The predicted octanol–water partition coefficient (Wildman–Crippen LogP) is 1.69. The summed E-state index contributed by atoms with van der Waals surface area (Å²) in [6, 6.07) is 0.00594. The summed E-state index contributed by atoms with van der Waals surface area (Å²) >= 11 is 0. The Kier molecular flexibility index (Phi) is 5.24. The Morgan fingerprint density at radius 2 is 1.65 bits per heavy atom. The highest BCUT2D eigenvalue weighted by molar-refractivity contribution is 7.89. The van der Waals surface area contributed by atoms with E-state index in [1.54, 1.807) is 20.9 Å². The number of amides is 1. The summed E-state index contributed by atoms with van der Waals surface area (Å²) in [5.74, 6) is 0.144. The number of hydrogen-bond acceptors (Lipinski definition) is 3. The average Bonchev–Trinajstić information content (AvgIpc) is 2.35. The molecular weight excluding hydrogens is 276 g/mol. The second-order valence-electron chi connectivity index (χ2n) is 6.88. The number of likely N-dealkylation sites (tertiary alicyclic amines) is 1.